The number of carbonyl (C=O) groups excluding carboxylic acids is 1. The third-order valence-electron chi connectivity index (χ3n) is 4.40. The highest BCUT2D eigenvalue weighted by atomic mass is 32.1. The summed E-state index contributed by atoms with van der Waals surface area (Å²) < 4.78 is 0. The molecule has 0 aliphatic heterocycles. The second-order valence-corrected chi connectivity index (χ2v) is 8.09. The Kier molecular flexibility index (Phi) is 5.50. The molecule has 0 bridgehead atoms. The van der Waals surface area contributed by atoms with Gasteiger partial charge in [0.2, 0.25) is 0 Å². The van der Waals surface area contributed by atoms with Gasteiger partial charge in [0.25, 0.3) is 0 Å². The Morgan fingerprint density at radius 3 is 2.64 bits per heavy atom. The van der Waals surface area contributed by atoms with Crippen LogP contribution >= 0.6 is 11.3 Å². The number of aliphatic hydroxyl groups is 1. The molecule has 2 rings (SSSR count). The zero-order valence-electron chi connectivity index (χ0n) is 13.9. The first-order chi connectivity index (χ1) is 10.3. The van der Waals surface area contributed by atoms with Gasteiger partial charge in [0, 0.05) is 23.9 Å². The fraction of sp³-hybridized carbons (Fsp3) is 0.706. The number of nitrogens with zero attached hydrogens (tertiary/aromatic N) is 1. The Labute approximate surface area is 137 Å². The van der Waals surface area contributed by atoms with Gasteiger partial charge in [0.1, 0.15) is 0 Å². The standard InChI is InChI=1S/C17H28N2O2S/c1-16(2,21)13-19(3)15(20)18-12-17(9-5-4-6-10-17)14-8-7-11-22-14/h7-8,11,21H,4-6,9-10,12-13H2,1-3H3,(H,18,20). The van der Waals surface area contributed by atoms with Crippen LogP contribution in [-0.2, 0) is 5.41 Å². The van der Waals surface area contributed by atoms with E-state index in [4.69, 9.17) is 0 Å². The normalized spacial score (nSPS) is 18.0. The van der Waals surface area contributed by atoms with Crippen molar-refractivity contribution in [3.05, 3.63) is 22.4 Å². The highest BCUT2D eigenvalue weighted by molar-refractivity contribution is 7.10. The van der Waals surface area contributed by atoms with E-state index in [2.05, 4.69) is 22.8 Å². The SMILES string of the molecule is CN(CC(C)(C)O)C(=O)NCC1(c2cccs2)CCCCC1. The number of likely N-dealkylation sites (N-methyl/N-ethyl adjacent to an activating group) is 1. The van der Waals surface area contributed by atoms with Gasteiger partial charge in [-0.3, -0.25) is 0 Å². The van der Waals surface area contributed by atoms with Crippen LogP contribution in [0.25, 0.3) is 0 Å². The average Bonchev–Trinajstić information content (AvgIpc) is 2.98. The molecule has 0 saturated heterocycles. The van der Waals surface area contributed by atoms with Crippen molar-refractivity contribution >= 4 is 17.4 Å². The third kappa shape index (κ3) is 4.46. The molecule has 1 saturated carbocycles. The van der Waals surface area contributed by atoms with Crippen molar-refractivity contribution < 1.29 is 9.90 Å². The fourth-order valence-corrected chi connectivity index (χ4v) is 4.34. The molecule has 0 atom stereocenters. The van der Waals surface area contributed by atoms with E-state index in [9.17, 15) is 9.90 Å². The largest absolute Gasteiger partial charge is 0.389 e. The van der Waals surface area contributed by atoms with Gasteiger partial charge in [0.15, 0.2) is 0 Å². The molecule has 4 nitrogen and oxygen atoms in total. The second-order valence-electron chi connectivity index (χ2n) is 7.15. The molecule has 1 aliphatic carbocycles. The summed E-state index contributed by atoms with van der Waals surface area (Å²) in [4.78, 5) is 15.2. The van der Waals surface area contributed by atoms with Gasteiger partial charge < -0.3 is 15.3 Å². The molecule has 124 valence electrons. The molecule has 0 spiro atoms. The summed E-state index contributed by atoms with van der Waals surface area (Å²) >= 11 is 1.79. The molecule has 1 aliphatic rings. The van der Waals surface area contributed by atoms with Crippen LogP contribution in [0.15, 0.2) is 17.5 Å². The van der Waals surface area contributed by atoms with Crippen molar-refractivity contribution in [2.75, 3.05) is 20.1 Å². The molecule has 2 N–H and O–H groups in total. The molecule has 0 unspecified atom stereocenters. The number of thiophene rings is 1. The van der Waals surface area contributed by atoms with Crippen LogP contribution in [0.1, 0.15) is 50.8 Å². The van der Waals surface area contributed by atoms with E-state index in [1.807, 2.05) is 0 Å². The smallest absolute Gasteiger partial charge is 0.317 e. The van der Waals surface area contributed by atoms with E-state index in [1.165, 1.54) is 24.1 Å². The topological polar surface area (TPSA) is 52.6 Å². The van der Waals surface area contributed by atoms with Crippen molar-refractivity contribution in [2.24, 2.45) is 0 Å². The van der Waals surface area contributed by atoms with Crippen LogP contribution in [0.2, 0.25) is 0 Å². The van der Waals surface area contributed by atoms with Crippen molar-refractivity contribution in [3.63, 3.8) is 0 Å². The van der Waals surface area contributed by atoms with Gasteiger partial charge in [-0.15, -0.1) is 11.3 Å². The maximum atomic E-state index is 12.3. The van der Waals surface area contributed by atoms with E-state index in [-0.39, 0.29) is 11.4 Å². The quantitative estimate of drug-likeness (QED) is 0.872. The molecule has 2 amide bonds. The molecule has 0 radical (unpaired) electrons. The Hall–Kier alpha value is -1.07. The summed E-state index contributed by atoms with van der Waals surface area (Å²) in [6.07, 6.45) is 6.03. The predicted molar refractivity (Wildman–Crippen MR) is 91.4 cm³/mol. The van der Waals surface area contributed by atoms with Crippen LogP contribution in [0.4, 0.5) is 4.79 Å². The van der Waals surface area contributed by atoms with Crippen LogP contribution in [0, 0.1) is 0 Å². The number of carbonyl (C=O) groups is 1. The average molecular weight is 324 g/mol. The molecular formula is C17H28N2O2S. The van der Waals surface area contributed by atoms with E-state index < -0.39 is 5.60 Å². The second kappa shape index (κ2) is 7.01. The zero-order valence-corrected chi connectivity index (χ0v) is 14.7. The van der Waals surface area contributed by atoms with Gasteiger partial charge in [-0.2, -0.15) is 0 Å². The number of hydrogen-bond acceptors (Lipinski definition) is 3. The summed E-state index contributed by atoms with van der Waals surface area (Å²) in [5.41, 5.74) is -0.778. The van der Waals surface area contributed by atoms with Crippen molar-refractivity contribution in [2.45, 2.75) is 57.0 Å². The van der Waals surface area contributed by atoms with Crippen molar-refractivity contribution in [1.29, 1.82) is 0 Å². The lowest BCUT2D eigenvalue weighted by Gasteiger charge is -2.37. The Morgan fingerprint density at radius 1 is 1.41 bits per heavy atom. The van der Waals surface area contributed by atoms with Crippen LogP contribution in [-0.4, -0.2) is 41.8 Å². The first kappa shape index (κ1) is 17.3. The maximum Gasteiger partial charge on any atom is 0.317 e. The number of rotatable bonds is 5. The Morgan fingerprint density at radius 2 is 2.09 bits per heavy atom. The highest BCUT2D eigenvalue weighted by Crippen LogP contribution is 2.41. The lowest BCUT2D eigenvalue weighted by molar-refractivity contribution is 0.0529. The van der Waals surface area contributed by atoms with Crippen molar-refractivity contribution in [1.82, 2.24) is 10.2 Å². The van der Waals surface area contributed by atoms with E-state index >= 15 is 0 Å². The molecule has 0 aromatic carbocycles. The van der Waals surface area contributed by atoms with Gasteiger partial charge in [-0.05, 0) is 38.1 Å². The maximum absolute atomic E-state index is 12.3. The molecule has 1 fully saturated rings. The van der Waals surface area contributed by atoms with Gasteiger partial charge >= 0.3 is 6.03 Å². The number of urea groups is 1. The number of hydrogen-bond donors (Lipinski definition) is 2. The Balaban J connectivity index is 1.99. The minimum absolute atomic E-state index is 0.0949. The number of amides is 2. The third-order valence-corrected chi connectivity index (χ3v) is 5.52. The lowest BCUT2D eigenvalue weighted by atomic mass is 9.73. The monoisotopic (exact) mass is 324 g/mol. The van der Waals surface area contributed by atoms with E-state index in [0.29, 0.717) is 13.1 Å². The molecular weight excluding hydrogens is 296 g/mol. The van der Waals surface area contributed by atoms with Crippen LogP contribution < -0.4 is 5.32 Å². The van der Waals surface area contributed by atoms with E-state index in [1.54, 1.807) is 37.1 Å². The van der Waals surface area contributed by atoms with Crippen LogP contribution in [0.5, 0.6) is 0 Å². The molecule has 1 aromatic heterocycles. The lowest BCUT2D eigenvalue weighted by Crippen LogP contribution is -2.49. The predicted octanol–water partition coefficient (Wildman–Crippen LogP) is 3.36. The van der Waals surface area contributed by atoms with Gasteiger partial charge in [0.05, 0.1) is 12.1 Å². The minimum atomic E-state index is -0.873. The summed E-state index contributed by atoms with van der Waals surface area (Å²) in [6, 6.07) is 4.19. The van der Waals surface area contributed by atoms with E-state index in [0.717, 1.165) is 12.8 Å². The summed E-state index contributed by atoms with van der Waals surface area (Å²) in [6.45, 7) is 4.43. The molecule has 1 heterocycles. The van der Waals surface area contributed by atoms with Crippen molar-refractivity contribution in [3.8, 4) is 0 Å². The zero-order chi connectivity index (χ0) is 16.2. The summed E-state index contributed by atoms with van der Waals surface area (Å²) in [7, 11) is 1.73. The molecule has 5 heteroatoms. The first-order valence-corrected chi connectivity index (χ1v) is 8.96. The number of nitrogens with one attached hydrogen (secondary N) is 1. The summed E-state index contributed by atoms with van der Waals surface area (Å²) in [5.74, 6) is 0. The summed E-state index contributed by atoms with van der Waals surface area (Å²) in [5, 5.41) is 15.0. The van der Waals surface area contributed by atoms with Crippen LogP contribution in [0.3, 0.4) is 0 Å². The fourth-order valence-electron chi connectivity index (χ4n) is 3.35. The highest BCUT2D eigenvalue weighted by Gasteiger charge is 2.35. The van der Waals surface area contributed by atoms with Gasteiger partial charge in [-0.1, -0.05) is 25.3 Å². The Bertz CT molecular complexity index is 473. The molecule has 1 aromatic rings. The first-order valence-electron chi connectivity index (χ1n) is 8.08. The van der Waals surface area contributed by atoms with Gasteiger partial charge in [-0.25, -0.2) is 4.79 Å². The minimum Gasteiger partial charge on any atom is -0.389 e. The molecule has 22 heavy (non-hydrogen) atoms.